The molecule has 15 heavy (non-hydrogen) atoms. The molecule has 1 amide bonds. The summed E-state index contributed by atoms with van der Waals surface area (Å²) >= 11 is 0. The molecule has 0 spiro atoms. The van der Waals surface area contributed by atoms with Crippen molar-refractivity contribution in [1.29, 1.82) is 0 Å². The molecule has 1 aromatic heterocycles. The van der Waals surface area contributed by atoms with Gasteiger partial charge in [0, 0.05) is 38.1 Å². The lowest BCUT2D eigenvalue weighted by Crippen LogP contribution is -2.46. The summed E-state index contributed by atoms with van der Waals surface area (Å²) in [4.78, 5) is 21.8. The molecule has 0 aromatic carbocycles. The van der Waals surface area contributed by atoms with Crippen LogP contribution in [0.25, 0.3) is 0 Å². The van der Waals surface area contributed by atoms with Crippen LogP contribution in [0.15, 0.2) is 12.3 Å². The highest BCUT2D eigenvalue weighted by atomic mass is 16.2. The molecule has 0 radical (unpaired) electrons. The van der Waals surface area contributed by atoms with Crippen LogP contribution >= 0.6 is 0 Å². The second-order valence-electron chi connectivity index (χ2n) is 3.56. The van der Waals surface area contributed by atoms with Gasteiger partial charge in [-0.3, -0.25) is 4.79 Å². The molecular formula is C10H14N4O. The molecule has 5 nitrogen and oxygen atoms in total. The zero-order valence-electron chi connectivity index (χ0n) is 8.73. The van der Waals surface area contributed by atoms with Crippen molar-refractivity contribution in [3.8, 4) is 0 Å². The quantitative estimate of drug-likeness (QED) is 0.693. The van der Waals surface area contributed by atoms with E-state index in [1.807, 2.05) is 6.92 Å². The van der Waals surface area contributed by atoms with E-state index in [0.717, 1.165) is 31.9 Å². The monoisotopic (exact) mass is 206 g/mol. The topological polar surface area (TPSA) is 58.1 Å². The Morgan fingerprint density at radius 2 is 2.20 bits per heavy atom. The molecule has 0 aliphatic carbocycles. The molecule has 1 aromatic rings. The van der Waals surface area contributed by atoms with E-state index in [-0.39, 0.29) is 5.91 Å². The van der Waals surface area contributed by atoms with Crippen molar-refractivity contribution < 1.29 is 4.79 Å². The molecule has 1 aliphatic heterocycles. The van der Waals surface area contributed by atoms with Gasteiger partial charge < -0.3 is 10.2 Å². The van der Waals surface area contributed by atoms with Crippen molar-refractivity contribution in [3.63, 3.8) is 0 Å². The first-order chi connectivity index (χ1) is 7.27. The lowest BCUT2D eigenvalue weighted by atomic mass is 10.3. The van der Waals surface area contributed by atoms with Crippen LogP contribution in [0.5, 0.6) is 0 Å². The predicted molar refractivity (Wildman–Crippen MR) is 55.5 cm³/mol. The first-order valence-electron chi connectivity index (χ1n) is 5.07. The Kier molecular flexibility index (Phi) is 2.91. The minimum absolute atomic E-state index is 0.0693. The molecule has 0 unspecified atom stereocenters. The van der Waals surface area contributed by atoms with Crippen molar-refractivity contribution in [2.24, 2.45) is 0 Å². The van der Waals surface area contributed by atoms with Crippen LogP contribution in [-0.4, -0.2) is 47.0 Å². The van der Waals surface area contributed by atoms with Gasteiger partial charge in [-0.1, -0.05) is 0 Å². The van der Waals surface area contributed by atoms with E-state index in [1.54, 1.807) is 17.2 Å². The van der Waals surface area contributed by atoms with Crippen LogP contribution in [0.1, 0.15) is 16.3 Å². The number of rotatable bonds is 1. The van der Waals surface area contributed by atoms with Gasteiger partial charge in [-0.25, -0.2) is 9.97 Å². The minimum atomic E-state index is -0.0693. The molecule has 80 valence electrons. The molecule has 5 heteroatoms. The Balaban J connectivity index is 2.12. The number of aromatic nitrogens is 2. The number of nitrogens with one attached hydrogen (secondary N) is 1. The third kappa shape index (κ3) is 2.30. The summed E-state index contributed by atoms with van der Waals surface area (Å²) in [5.41, 5.74) is 0.823. The molecule has 2 heterocycles. The minimum Gasteiger partial charge on any atom is -0.333 e. The summed E-state index contributed by atoms with van der Waals surface area (Å²) in [5.74, 6) is 0.233. The van der Waals surface area contributed by atoms with Crippen molar-refractivity contribution in [2.45, 2.75) is 6.92 Å². The Labute approximate surface area is 88.5 Å². The Bertz CT molecular complexity index is 360. The fourth-order valence-electron chi connectivity index (χ4n) is 1.56. The van der Waals surface area contributed by atoms with Gasteiger partial charge >= 0.3 is 0 Å². The zero-order valence-corrected chi connectivity index (χ0v) is 8.73. The number of nitrogens with zero attached hydrogens (tertiary/aromatic N) is 3. The van der Waals surface area contributed by atoms with E-state index in [1.165, 1.54) is 0 Å². The van der Waals surface area contributed by atoms with E-state index >= 15 is 0 Å². The van der Waals surface area contributed by atoms with Gasteiger partial charge in [-0.2, -0.15) is 0 Å². The van der Waals surface area contributed by atoms with Crippen molar-refractivity contribution in [2.75, 3.05) is 26.2 Å². The van der Waals surface area contributed by atoms with E-state index < -0.39 is 0 Å². The molecule has 1 aliphatic rings. The first-order valence-corrected chi connectivity index (χ1v) is 5.07. The lowest BCUT2D eigenvalue weighted by molar-refractivity contribution is 0.0723. The molecule has 0 bridgehead atoms. The largest absolute Gasteiger partial charge is 0.333 e. The van der Waals surface area contributed by atoms with E-state index in [4.69, 9.17) is 0 Å². The maximum Gasteiger partial charge on any atom is 0.291 e. The van der Waals surface area contributed by atoms with E-state index in [0.29, 0.717) is 5.82 Å². The number of aryl methyl sites for hydroxylation is 1. The highest BCUT2D eigenvalue weighted by Gasteiger charge is 2.19. The van der Waals surface area contributed by atoms with Crippen molar-refractivity contribution in [1.82, 2.24) is 20.2 Å². The molecule has 0 saturated carbocycles. The number of amides is 1. The lowest BCUT2D eigenvalue weighted by Gasteiger charge is -2.26. The smallest absolute Gasteiger partial charge is 0.291 e. The van der Waals surface area contributed by atoms with Gasteiger partial charge in [0.05, 0.1) is 0 Å². The molecular weight excluding hydrogens is 192 g/mol. The third-order valence-corrected chi connectivity index (χ3v) is 2.39. The molecule has 2 rings (SSSR count). The second-order valence-corrected chi connectivity index (χ2v) is 3.56. The summed E-state index contributed by atoms with van der Waals surface area (Å²) in [7, 11) is 0. The van der Waals surface area contributed by atoms with Gasteiger partial charge in [0.1, 0.15) is 0 Å². The van der Waals surface area contributed by atoms with Gasteiger partial charge in [0.15, 0.2) is 0 Å². The number of piperazine rings is 1. The van der Waals surface area contributed by atoms with Crippen LogP contribution in [-0.2, 0) is 0 Å². The Morgan fingerprint density at radius 3 is 2.87 bits per heavy atom. The molecule has 1 saturated heterocycles. The summed E-state index contributed by atoms with van der Waals surface area (Å²) < 4.78 is 0. The SMILES string of the molecule is Cc1ccnc(C(=O)N2CCNCC2)n1. The number of carbonyl (C=O) groups excluding carboxylic acids is 1. The fourth-order valence-corrected chi connectivity index (χ4v) is 1.56. The normalized spacial score (nSPS) is 16.5. The number of hydrogen-bond acceptors (Lipinski definition) is 4. The molecule has 1 N–H and O–H groups in total. The maximum absolute atomic E-state index is 11.9. The van der Waals surface area contributed by atoms with Gasteiger partial charge in [0.25, 0.3) is 5.91 Å². The van der Waals surface area contributed by atoms with Crippen LogP contribution in [0.2, 0.25) is 0 Å². The standard InChI is InChI=1S/C10H14N4O/c1-8-2-3-12-9(13-8)10(15)14-6-4-11-5-7-14/h2-3,11H,4-7H2,1H3. The summed E-state index contributed by atoms with van der Waals surface area (Å²) in [6.07, 6.45) is 1.62. The number of hydrogen-bond donors (Lipinski definition) is 1. The van der Waals surface area contributed by atoms with Crippen LogP contribution in [0, 0.1) is 6.92 Å². The van der Waals surface area contributed by atoms with Crippen molar-refractivity contribution in [3.05, 3.63) is 23.8 Å². The maximum atomic E-state index is 11.9. The predicted octanol–water partition coefficient (Wildman–Crippen LogP) is -0.170. The average molecular weight is 206 g/mol. The zero-order chi connectivity index (χ0) is 10.7. The van der Waals surface area contributed by atoms with E-state index in [9.17, 15) is 4.79 Å². The highest BCUT2D eigenvalue weighted by molar-refractivity contribution is 5.90. The average Bonchev–Trinajstić information content (AvgIpc) is 2.29. The second kappa shape index (κ2) is 4.35. The van der Waals surface area contributed by atoms with Gasteiger partial charge in [-0.05, 0) is 13.0 Å². The first kappa shape index (κ1) is 10.0. The summed E-state index contributed by atoms with van der Waals surface area (Å²) in [6, 6.07) is 1.79. The van der Waals surface area contributed by atoms with E-state index in [2.05, 4.69) is 15.3 Å². The molecule has 1 fully saturated rings. The third-order valence-electron chi connectivity index (χ3n) is 2.39. The van der Waals surface area contributed by atoms with Crippen LogP contribution < -0.4 is 5.32 Å². The van der Waals surface area contributed by atoms with Gasteiger partial charge in [-0.15, -0.1) is 0 Å². The fraction of sp³-hybridized carbons (Fsp3) is 0.500. The molecule has 0 atom stereocenters. The Hall–Kier alpha value is -1.49. The van der Waals surface area contributed by atoms with Crippen LogP contribution in [0.3, 0.4) is 0 Å². The summed E-state index contributed by atoms with van der Waals surface area (Å²) in [6.45, 7) is 5.01. The van der Waals surface area contributed by atoms with Gasteiger partial charge in [0.2, 0.25) is 5.82 Å². The summed E-state index contributed by atoms with van der Waals surface area (Å²) in [5, 5.41) is 3.20. The van der Waals surface area contributed by atoms with Crippen molar-refractivity contribution >= 4 is 5.91 Å². The highest BCUT2D eigenvalue weighted by Crippen LogP contribution is 2.01. The Morgan fingerprint density at radius 1 is 1.47 bits per heavy atom. The van der Waals surface area contributed by atoms with Crippen LogP contribution in [0.4, 0.5) is 0 Å². The number of carbonyl (C=O) groups is 1.